The zero-order valence-corrected chi connectivity index (χ0v) is 16.4. The van der Waals surface area contributed by atoms with Gasteiger partial charge in [-0.05, 0) is 46.5 Å². The molecule has 134 valence electrons. The van der Waals surface area contributed by atoms with Crippen molar-refractivity contribution in [3.05, 3.63) is 0 Å². The summed E-state index contributed by atoms with van der Waals surface area (Å²) < 4.78 is 17.5. The molecule has 0 heterocycles. The summed E-state index contributed by atoms with van der Waals surface area (Å²) in [4.78, 5) is 4.62. The van der Waals surface area contributed by atoms with Gasteiger partial charge in [-0.25, -0.2) is 0 Å². The van der Waals surface area contributed by atoms with Crippen LogP contribution in [0.25, 0.3) is 0 Å². The molecule has 0 fully saturated rings. The predicted octanol–water partition coefficient (Wildman–Crippen LogP) is 2.75. The van der Waals surface area contributed by atoms with Crippen molar-refractivity contribution < 1.29 is 13.3 Å². The van der Waals surface area contributed by atoms with E-state index in [9.17, 15) is 0 Å². The highest BCUT2D eigenvalue weighted by Gasteiger charge is 2.39. The van der Waals surface area contributed by atoms with Crippen LogP contribution in [0.5, 0.6) is 0 Å². The molecule has 0 amide bonds. The number of nitrogens with zero attached hydrogens (tertiary/aromatic N) is 1. The SMILES string of the molecule is CCO[Si](CCCN=C(C)CC(C)C)(OCC)OCC.NN. The molecular formula is C15H37N3O3Si. The van der Waals surface area contributed by atoms with Crippen molar-refractivity contribution in [2.75, 3.05) is 26.4 Å². The van der Waals surface area contributed by atoms with Gasteiger partial charge in [0, 0.05) is 38.1 Å². The average molecular weight is 336 g/mol. The first-order chi connectivity index (χ1) is 10.5. The Labute approximate surface area is 137 Å². The third kappa shape index (κ3) is 12.3. The molecule has 0 saturated carbocycles. The summed E-state index contributed by atoms with van der Waals surface area (Å²) in [6, 6.07) is 0.848. The Kier molecular flexibility index (Phi) is 17.0. The maximum Gasteiger partial charge on any atom is 0.500 e. The third-order valence-corrected chi connectivity index (χ3v) is 5.97. The topological polar surface area (TPSA) is 92.1 Å². The monoisotopic (exact) mass is 335 g/mol. The molecule has 0 aromatic carbocycles. The zero-order valence-electron chi connectivity index (χ0n) is 15.4. The van der Waals surface area contributed by atoms with Crippen molar-refractivity contribution in [3.63, 3.8) is 0 Å². The quantitative estimate of drug-likeness (QED) is 0.188. The highest BCUT2D eigenvalue weighted by atomic mass is 28.4. The van der Waals surface area contributed by atoms with Crippen LogP contribution in [0.3, 0.4) is 0 Å². The molecule has 22 heavy (non-hydrogen) atoms. The molecule has 0 aromatic heterocycles. The molecule has 0 aromatic rings. The van der Waals surface area contributed by atoms with Gasteiger partial charge in [0.05, 0.1) is 0 Å². The summed E-state index contributed by atoms with van der Waals surface area (Å²) in [6.45, 7) is 15.3. The Bertz CT molecular complexity index is 260. The largest absolute Gasteiger partial charge is 0.500 e. The van der Waals surface area contributed by atoms with Gasteiger partial charge in [-0.1, -0.05) is 13.8 Å². The maximum atomic E-state index is 5.83. The number of nitrogens with two attached hydrogens (primary N) is 2. The van der Waals surface area contributed by atoms with Crippen molar-refractivity contribution in [2.24, 2.45) is 22.6 Å². The lowest BCUT2D eigenvalue weighted by Gasteiger charge is -2.28. The molecule has 7 heteroatoms. The highest BCUT2D eigenvalue weighted by Crippen LogP contribution is 2.18. The molecule has 0 aliphatic rings. The molecule has 0 aliphatic carbocycles. The lowest BCUT2D eigenvalue weighted by atomic mass is 10.1. The van der Waals surface area contributed by atoms with Gasteiger partial charge in [0.25, 0.3) is 0 Å². The normalized spacial score (nSPS) is 12.3. The van der Waals surface area contributed by atoms with Crippen LogP contribution in [-0.4, -0.2) is 40.9 Å². The van der Waals surface area contributed by atoms with Gasteiger partial charge >= 0.3 is 8.80 Å². The van der Waals surface area contributed by atoms with Crippen molar-refractivity contribution >= 4 is 14.5 Å². The van der Waals surface area contributed by atoms with Gasteiger partial charge in [-0.3, -0.25) is 16.7 Å². The second kappa shape index (κ2) is 15.6. The fraction of sp³-hybridized carbons (Fsp3) is 0.933. The number of hydrogen-bond donors (Lipinski definition) is 2. The van der Waals surface area contributed by atoms with Crippen molar-refractivity contribution in [1.82, 2.24) is 0 Å². The van der Waals surface area contributed by atoms with Gasteiger partial charge in [0.1, 0.15) is 0 Å². The molecule has 6 nitrogen and oxygen atoms in total. The van der Waals surface area contributed by atoms with Gasteiger partial charge in [-0.2, -0.15) is 0 Å². The molecule has 0 rings (SSSR count). The lowest BCUT2D eigenvalue weighted by Crippen LogP contribution is -2.46. The first kappa shape index (κ1) is 23.9. The Morgan fingerprint density at radius 1 is 1.00 bits per heavy atom. The van der Waals surface area contributed by atoms with Crippen molar-refractivity contribution in [2.45, 2.75) is 60.4 Å². The smallest absolute Gasteiger partial charge is 0.374 e. The van der Waals surface area contributed by atoms with Crippen LogP contribution < -0.4 is 11.7 Å². The standard InChI is InChI=1S/C15H33NO3Si.H4N2/c1-7-17-20(18-8-2,19-9-3)12-10-11-16-15(6)13-14(4)5;1-2/h14H,7-13H2,1-6H3;1-2H2. The van der Waals surface area contributed by atoms with Crippen LogP contribution >= 0.6 is 0 Å². The van der Waals surface area contributed by atoms with Gasteiger partial charge < -0.3 is 13.3 Å². The van der Waals surface area contributed by atoms with Crippen LogP contribution in [0, 0.1) is 5.92 Å². The minimum atomic E-state index is -2.47. The maximum absolute atomic E-state index is 5.83. The minimum absolute atomic E-state index is 0.641. The molecule has 4 N–H and O–H groups in total. The van der Waals surface area contributed by atoms with E-state index in [1.807, 2.05) is 20.8 Å². The molecule has 0 spiro atoms. The number of hydrazine groups is 1. The minimum Gasteiger partial charge on any atom is -0.374 e. The van der Waals surface area contributed by atoms with E-state index in [-0.39, 0.29) is 0 Å². The van der Waals surface area contributed by atoms with Crippen molar-refractivity contribution in [3.8, 4) is 0 Å². The average Bonchev–Trinajstić information content (AvgIpc) is 2.46. The van der Waals surface area contributed by atoms with E-state index >= 15 is 0 Å². The van der Waals surface area contributed by atoms with E-state index in [0.29, 0.717) is 25.7 Å². The summed E-state index contributed by atoms with van der Waals surface area (Å²) in [5.74, 6) is 8.67. The fourth-order valence-corrected chi connectivity index (χ4v) is 4.82. The van der Waals surface area contributed by atoms with E-state index in [1.54, 1.807) is 0 Å². The highest BCUT2D eigenvalue weighted by molar-refractivity contribution is 6.60. The molecule has 0 atom stereocenters. The van der Waals surface area contributed by atoms with E-state index in [0.717, 1.165) is 25.4 Å². The number of hydrogen-bond acceptors (Lipinski definition) is 6. The Morgan fingerprint density at radius 3 is 1.82 bits per heavy atom. The Hall–Kier alpha value is -0.313. The van der Waals surface area contributed by atoms with E-state index in [4.69, 9.17) is 13.3 Å². The zero-order chi connectivity index (χ0) is 17.4. The molecule has 0 bridgehead atoms. The summed E-state index contributed by atoms with van der Waals surface area (Å²) in [5.41, 5.74) is 1.23. The second-order valence-electron chi connectivity index (χ2n) is 5.30. The summed E-state index contributed by atoms with van der Waals surface area (Å²) in [7, 11) is -2.47. The number of aliphatic imine (C=N–C) groups is 1. The van der Waals surface area contributed by atoms with Gasteiger partial charge in [0.15, 0.2) is 0 Å². The second-order valence-corrected chi connectivity index (χ2v) is 8.03. The molecule has 0 unspecified atom stereocenters. The van der Waals surface area contributed by atoms with Crippen LogP contribution in [0.1, 0.15) is 54.4 Å². The Morgan fingerprint density at radius 2 is 1.45 bits per heavy atom. The first-order valence-corrected chi connectivity index (χ1v) is 10.2. The van der Waals surface area contributed by atoms with Crippen LogP contribution in [0.2, 0.25) is 6.04 Å². The molecular weight excluding hydrogens is 298 g/mol. The molecule has 0 saturated heterocycles. The van der Waals surface area contributed by atoms with E-state index < -0.39 is 8.80 Å². The molecule has 0 radical (unpaired) electrons. The summed E-state index contributed by atoms with van der Waals surface area (Å²) >= 11 is 0. The fourth-order valence-electron chi connectivity index (χ4n) is 2.22. The predicted molar refractivity (Wildman–Crippen MR) is 95.9 cm³/mol. The van der Waals surface area contributed by atoms with Gasteiger partial charge in [-0.15, -0.1) is 0 Å². The molecule has 0 aliphatic heterocycles. The summed E-state index contributed by atoms with van der Waals surface area (Å²) in [6.07, 6.45) is 2.03. The summed E-state index contributed by atoms with van der Waals surface area (Å²) in [5, 5.41) is 0. The van der Waals surface area contributed by atoms with Crippen LogP contribution in [0.15, 0.2) is 4.99 Å². The first-order valence-electron chi connectivity index (χ1n) is 8.24. The van der Waals surface area contributed by atoms with Crippen molar-refractivity contribution in [1.29, 1.82) is 0 Å². The van der Waals surface area contributed by atoms with Gasteiger partial charge in [0.2, 0.25) is 0 Å². The Balaban J connectivity index is 0. The van der Waals surface area contributed by atoms with Crippen LogP contribution in [0.4, 0.5) is 0 Å². The lowest BCUT2D eigenvalue weighted by molar-refractivity contribution is 0.0710. The van der Waals surface area contributed by atoms with Crippen LogP contribution in [-0.2, 0) is 13.3 Å². The third-order valence-electron chi connectivity index (χ3n) is 2.82. The van der Waals surface area contributed by atoms with E-state index in [2.05, 4.69) is 37.4 Å². The van der Waals surface area contributed by atoms with E-state index in [1.165, 1.54) is 5.71 Å². The number of rotatable bonds is 12.